The molecule has 1 aliphatic rings. The number of fused-ring (bicyclic) bond motifs is 1. The molecule has 0 aliphatic heterocycles. The summed E-state index contributed by atoms with van der Waals surface area (Å²) in [6, 6.07) is 10.7. The van der Waals surface area contributed by atoms with Crippen LogP contribution in [0.4, 0.5) is 5.00 Å². The van der Waals surface area contributed by atoms with Crippen LogP contribution in [0.25, 0.3) is 11.3 Å². The van der Waals surface area contributed by atoms with Gasteiger partial charge in [-0.15, -0.1) is 11.3 Å². The minimum absolute atomic E-state index is 0.147. The molecule has 0 saturated carbocycles. The number of halogens is 2. The van der Waals surface area contributed by atoms with Crippen LogP contribution in [-0.4, -0.2) is 5.91 Å². The summed E-state index contributed by atoms with van der Waals surface area (Å²) in [5, 5.41) is 13.6. The normalized spacial score (nSPS) is 12.7. The van der Waals surface area contributed by atoms with Crippen LogP contribution >= 0.6 is 34.5 Å². The first kappa shape index (κ1) is 17.2. The number of hydrogen-bond donors (Lipinski definition) is 1. The van der Waals surface area contributed by atoms with Crippen molar-refractivity contribution in [2.75, 3.05) is 5.32 Å². The van der Waals surface area contributed by atoms with Gasteiger partial charge in [-0.2, -0.15) is 5.26 Å². The van der Waals surface area contributed by atoms with Crippen LogP contribution in [0.2, 0.25) is 10.0 Å². The first-order valence-corrected chi connectivity index (χ1v) is 9.56. The van der Waals surface area contributed by atoms with E-state index in [1.807, 2.05) is 0 Å². The second-order valence-corrected chi connectivity index (χ2v) is 7.78. The molecule has 4 nitrogen and oxygen atoms in total. The van der Waals surface area contributed by atoms with E-state index in [-0.39, 0.29) is 5.76 Å². The fraction of sp³-hybridized carbons (Fsp3) is 0.158. The third-order valence-corrected chi connectivity index (χ3v) is 6.33. The van der Waals surface area contributed by atoms with Gasteiger partial charge in [0.1, 0.15) is 16.8 Å². The zero-order valence-electron chi connectivity index (χ0n) is 13.4. The van der Waals surface area contributed by atoms with E-state index in [1.54, 1.807) is 30.3 Å². The van der Waals surface area contributed by atoms with E-state index in [9.17, 15) is 10.1 Å². The highest BCUT2D eigenvalue weighted by molar-refractivity contribution is 7.16. The summed E-state index contributed by atoms with van der Waals surface area (Å²) in [5.41, 5.74) is 2.25. The van der Waals surface area contributed by atoms with E-state index < -0.39 is 5.91 Å². The van der Waals surface area contributed by atoms with Crippen molar-refractivity contribution in [3.8, 4) is 17.4 Å². The Bertz CT molecular complexity index is 1060. The van der Waals surface area contributed by atoms with Crippen LogP contribution < -0.4 is 5.32 Å². The molecule has 0 atom stereocenters. The maximum absolute atomic E-state index is 12.5. The quantitative estimate of drug-likeness (QED) is 0.590. The van der Waals surface area contributed by atoms with E-state index in [2.05, 4.69) is 11.4 Å². The van der Waals surface area contributed by atoms with Crippen LogP contribution in [0.1, 0.15) is 33.0 Å². The molecule has 0 radical (unpaired) electrons. The largest absolute Gasteiger partial charge is 0.451 e. The van der Waals surface area contributed by atoms with Crippen molar-refractivity contribution in [3.05, 3.63) is 62.1 Å². The molecule has 2 heterocycles. The average molecular weight is 403 g/mol. The molecule has 0 saturated heterocycles. The van der Waals surface area contributed by atoms with E-state index in [1.165, 1.54) is 16.2 Å². The number of aryl methyl sites for hydroxylation is 1. The Morgan fingerprint density at radius 3 is 2.88 bits per heavy atom. The van der Waals surface area contributed by atoms with Crippen molar-refractivity contribution < 1.29 is 9.21 Å². The van der Waals surface area contributed by atoms with Crippen molar-refractivity contribution in [2.24, 2.45) is 0 Å². The summed E-state index contributed by atoms with van der Waals surface area (Å²) in [5.74, 6) is 0.205. The zero-order chi connectivity index (χ0) is 18.3. The number of benzene rings is 1. The van der Waals surface area contributed by atoms with Gasteiger partial charge in [-0.25, -0.2) is 0 Å². The molecule has 1 N–H and O–H groups in total. The van der Waals surface area contributed by atoms with Crippen LogP contribution in [0, 0.1) is 11.3 Å². The van der Waals surface area contributed by atoms with Crippen molar-refractivity contribution in [1.82, 2.24) is 0 Å². The van der Waals surface area contributed by atoms with Gasteiger partial charge >= 0.3 is 0 Å². The van der Waals surface area contributed by atoms with E-state index in [0.717, 1.165) is 24.8 Å². The highest BCUT2D eigenvalue weighted by Crippen LogP contribution is 2.39. The predicted molar refractivity (Wildman–Crippen MR) is 103 cm³/mol. The van der Waals surface area contributed by atoms with Crippen LogP contribution in [-0.2, 0) is 12.8 Å². The second-order valence-electron chi connectivity index (χ2n) is 5.89. The summed E-state index contributed by atoms with van der Waals surface area (Å²) < 4.78 is 5.66. The third kappa shape index (κ3) is 2.90. The van der Waals surface area contributed by atoms with Gasteiger partial charge in [0, 0.05) is 10.4 Å². The third-order valence-electron chi connectivity index (χ3n) is 4.31. The van der Waals surface area contributed by atoms with E-state index in [4.69, 9.17) is 27.6 Å². The lowest BCUT2D eigenvalue weighted by Gasteiger charge is -2.03. The molecule has 4 rings (SSSR count). The Hall–Kier alpha value is -2.26. The summed E-state index contributed by atoms with van der Waals surface area (Å²) in [4.78, 5) is 13.7. The lowest BCUT2D eigenvalue weighted by molar-refractivity contribution is 0.0998. The molecule has 0 bridgehead atoms. The van der Waals surface area contributed by atoms with Crippen LogP contribution in [0.3, 0.4) is 0 Å². The number of rotatable bonds is 3. The van der Waals surface area contributed by atoms with Gasteiger partial charge in [0.2, 0.25) is 0 Å². The smallest absolute Gasteiger partial charge is 0.292 e. The Morgan fingerprint density at radius 2 is 2.08 bits per heavy atom. The van der Waals surface area contributed by atoms with Gasteiger partial charge in [-0.3, -0.25) is 4.79 Å². The molecule has 7 heteroatoms. The number of thiophene rings is 1. The van der Waals surface area contributed by atoms with Crippen molar-refractivity contribution in [1.29, 1.82) is 5.26 Å². The summed E-state index contributed by atoms with van der Waals surface area (Å²) in [7, 11) is 0. The fourth-order valence-electron chi connectivity index (χ4n) is 3.07. The van der Waals surface area contributed by atoms with Crippen LogP contribution in [0.5, 0.6) is 0 Å². The topological polar surface area (TPSA) is 66.0 Å². The van der Waals surface area contributed by atoms with E-state index in [0.29, 0.717) is 31.9 Å². The number of hydrogen-bond acceptors (Lipinski definition) is 4. The molecule has 3 aromatic rings. The number of nitrogens with one attached hydrogen (secondary N) is 1. The summed E-state index contributed by atoms with van der Waals surface area (Å²) in [6.07, 6.45) is 2.91. The van der Waals surface area contributed by atoms with Crippen molar-refractivity contribution in [3.63, 3.8) is 0 Å². The molecule has 26 heavy (non-hydrogen) atoms. The van der Waals surface area contributed by atoms with Gasteiger partial charge in [-0.1, -0.05) is 29.3 Å². The maximum Gasteiger partial charge on any atom is 0.292 e. The summed E-state index contributed by atoms with van der Waals surface area (Å²) >= 11 is 13.7. The number of carbonyl (C=O) groups excluding carboxylic acids is 1. The SMILES string of the molecule is N#Cc1c(NC(=O)c2ccc(-c3cccc(Cl)c3Cl)o2)sc2c1CCC2. The lowest BCUT2D eigenvalue weighted by atomic mass is 10.1. The Kier molecular flexibility index (Phi) is 4.49. The molecule has 1 amide bonds. The van der Waals surface area contributed by atoms with Gasteiger partial charge in [0.15, 0.2) is 5.76 Å². The van der Waals surface area contributed by atoms with Crippen LogP contribution in [0.15, 0.2) is 34.7 Å². The number of carbonyl (C=O) groups is 1. The van der Waals surface area contributed by atoms with Gasteiger partial charge in [0.05, 0.1) is 15.6 Å². The standard InChI is InChI=1S/C19H12Cl2N2O2S/c20-13-5-1-4-11(17(13)21)14-7-8-15(25-14)18(24)23-19-12(9-22)10-3-2-6-16(10)26-19/h1,4-5,7-8H,2-3,6H2,(H,23,24). The first-order chi connectivity index (χ1) is 12.6. The molecule has 0 unspecified atom stereocenters. The fourth-order valence-corrected chi connectivity index (χ4v) is 4.70. The molecular formula is C19H12Cl2N2O2S. The Balaban J connectivity index is 1.60. The highest BCUT2D eigenvalue weighted by Gasteiger charge is 2.24. The minimum atomic E-state index is -0.397. The van der Waals surface area contributed by atoms with E-state index >= 15 is 0 Å². The summed E-state index contributed by atoms with van der Waals surface area (Å²) in [6.45, 7) is 0. The lowest BCUT2D eigenvalue weighted by Crippen LogP contribution is -2.10. The molecule has 1 aliphatic carbocycles. The molecule has 0 fully saturated rings. The molecule has 0 spiro atoms. The average Bonchev–Trinajstić information content (AvgIpc) is 3.32. The predicted octanol–water partition coefficient (Wildman–Crippen LogP) is 5.93. The Labute approximate surface area is 164 Å². The highest BCUT2D eigenvalue weighted by atomic mass is 35.5. The zero-order valence-corrected chi connectivity index (χ0v) is 15.8. The molecule has 1 aromatic carbocycles. The maximum atomic E-state index is 12.5. The minimum Gasteiger partial charge on any atom is -0.451 e. The number of amides is 1. The number of anilines is 1. The van der Waals surface area contributed by atoms with Gasteiger partial charge in [0.25, 0.3) is 5.91 Å². The number of nitrogens with zero attached hydrogens (tertiary/aromatic N) is 1. The number of furan rings is 1. The molecule has 2 aromatic heterocycles. The molecule has 130 valence electrons. The van der Waals surface area contributed by atoms with Gasteiger partial charge < -0.3 is 9.73 Å². The first-order valence-electron chi connectivity index (χ1n) is 7.98. The monoisotopic (exact) mass is 402 g/mol. The number of nitriles is 1. The van der Waals surface area contributed by atoms with Crippen molar-refractivity contribution >= 4 is 45.4 Å². The molecular weight excluding hydrogens is 391 g/mol. The second kappa shape index (κ2) is 6.81. The van der Waals surface area contributed by atoms with Gasteiger partial charge in [-0.05, 0) is 49.1 Å². The Morgan fingerprint density at radius 1 is 1.23 bits per heavy atom. The van der Waals surface area contributed by atoms with Crippen molar-refractivity contribution in [2.45, 2.75) is 19.3 Å².